The lowest BCUT2D eigenvalue weighted by molar-refractivity contribution is -0.131. The second-order valence-electron chi connectivity index (χ2n) is 8.65. The zero-order chi connectivity index (χ0) is 22.3. The number of amidine groups is 1. The number of nitrogens with zero attached hydrogens (tertiary/aromatic N) is 2. The van der Waals surface area contributed by atoms with Gasteiger partial charge in [0.1, 0.15) is 16.2 Å². The van der Waals surface area contributed by atoms with E-state index in [4.69, 9.17) is 0 Å². The summed E-state index contributed by atoms with van der Waals surface area (Å²) in [7, 11) is -6.15. The molecule has 4 aliphatic rings. The Hall–Kier alpha value is -2.60. The van der Waals surface area contributed by atoms with Crippen LogP contribution in [0.5, 0.6) is 0 Å². The summed E-state index contributed by atoms with van der Waals surface area (Å²) >= 11 is 0. The van der Waals surface area contributed by atoms with Crippen molar-refractivity contribution in [2.45, 2.75) is 30.2 Å². The monoisotopic (exact) mass is 466 g/mol. The number of amides is 1. The minimum absolute atomic E-state index is 0.0747. The van der Waals surface area contributed by atoms with Gasteiger partial charge in [0, 0.05) is 24.7 Å². The van der Waals surface area contributed by atoms with Crippen LogP contribution in [0.3, 0.4) is 0 Å². The summed E-state index contributed by atoms with van der Waals surface area (Å²) in [5, 5.41) is 13.9. The van der Waals surface area contributed by atoms with Crippen molar-refractivity contribution >= 4 is 43.2 Å². The van der Waals surface area contributed by atoms with Crippen molar-refractivity contribution in [3.05, 3.63) is 29.5 Å². The van der Waals surface area contributed by atoms with Crippen molar-refractivity contribution in [1.82, 2.24) is 4.90 Å². The second-order valence-corrected chi connectivity index (χ2v) is 12.0. The molecule has 0 aromatic heterocycles. The van der Waals surface area contributed by atoms with E-state index in [1.54, 1.807) is 11.9 Å². The minimum Gasteiger partial charge on any atom is -0.511 e. The maximum atomic E-state index is 13.1. The van der Waals surface area contributed by atoms with Gasteiger partial charge in [-0.05, 0) is 49.3 Å². The number of likely N-dealkylation sites (N-methyl/N-ethyl adjacent to an activating group) is 1. The number of sulfonamides is 2. The van der Waals surface area contributed by atoms with Crippen LogP contribution < -0.4 is 10.0 Å². The molecule has 2 aliphatic carbocycles. The van der Waals surface area contributed by atoms with E-state index in [-0.39, 0.29) is 51.3 Å². The van der Waals surface area contributed by atoms with E-state index < -0.39 is 26.0 Å². The summed E-state index contributed by atoms with van der Waals surface area (Å²) in [5.41, 5.74) is 0.101. The van der Waals surface area contributed by atoms with Crippen LogP contribution in [0.2, 0.25) is 0 Å². The van der Waals surface area contributed by atoms with Gasteiger partial charge < -0.3 is 15.3 Å². The number of anilines is 2. The van der Waals surface area contributed by atoms with Gasteiger partial charge in [0.05, 0.1) is 11.9 Å². The molecule has 1 aromatic carbocycles. The molecule has 4 unspecified atom stereocenters. The fourth-order valence-corrected chi connectivity index (χ4v) is 7.26. The van der Waals surface area contributed by atoms with Crippen molar-refractivity contribution in [1.29, 1.82) is 0 Å². The number of nitrogens with one attached hydrogen (secondary N) is 2. The first-order valence-corrected chi connectivity index (χ1v) is 13.2. The smallest absolute Gasteiger partial charge is 0.286 e. The summed E-state index contributed by atoms with van der Waals surface area (Å²) < 4.78 is 54.6. The third kappa shape index (κ3) is 3.11. The molecule has 1 amide bonds. The van der Waals surface area contributed by atoms with Crippen molar-refractivity contribution < 1.29 is 26.7 Å². The van der Waals surface area contributed by atoms with Crippen molar-refractivity contribution in [3.8, 4) is 0 Å². The van der Waals surface area contributed by atoms with Crippen LogP contribution in [-0.2, 0) is 24.8 Å². The van der Waals surface area contributed by atoms with Crippen molar-refractivity contribution in [2.24, 2.45) is 22.2 Å². The highest BCUT2D eigenvalue weighted by Crippen LogP contribution is 2.54. The number of rotatable bonds is 3. The maximum absolute atomic E-state index is 13.1. The molecule has 2 saturated carbocycles. The number of aliphatic hydroxyl groups excluding tert-OH is 1. The van der Waals surface area contributed by atoms with Crippen molar-refractivity contribution in [3.63, 3.8) is 0 Å². The summed E-state index contributed by atoms with van der Waals surface area (Å²) in [5.74, 6) is -0.386. The predicted octanol–water partition coefficient (Wildman–Crippen LogP) is 1.27. The quantitative estimate of drug-likeness (QED) is 0.608. The van der Waals surface area contributed by atoms with E-state index in [0.717, 1.165) is 31.6 Å². The molecule has 5 rings (SSSR count). The molecule has 166 valence electrons. The van der Waals surface area contributed by atoms with Gasteiger partial charge in [0.2, 0.25) is 10.0 Å². The Morgan fingerprint density at radius 1 is 1.26 bits per heavy atom. The van der Waals surface area contributed by atoms with Gasteiger partial charge in [-0.15, -0.1) is 4.40 Å². The van der Waals surface area contributed by atoms with E-state index in [9.17, 15) is 26.7 Å². The predicted molar refractivity (Wildman–Crippen MR) is 114 cm³/mol. The largest absolute Gasteiger partial charge is 0.511 e. The number of hydrogen-bond acceptors (Lipinski definition) is 7. The third-order valence-electron chi connectivity index (χ3n) is 6.69. The highest BCUT2D eigenvalue weighted by atomic mass is 32.2. The first-order chi connectivity index (χ1) is 14.5. The molecule has 1 aromatic rings. The number of carbonyl (C=O) groups excluding carboxylic acids is 1. The van der Waals surface area contributed by atoms with Crippen LogP contribution in [0.4, 0.5) is 11.4 Å². The number of benzene rings is 1. The maximum Gasteiger partial charge on any atom is 0.286 e. The lowest BCUT2D eigenvalue weighted by Crippen LogP contribution is -2.52. The second kappa shape index (κ2) is 6.45. The zero-order valence-corrected chi connectivity index (χ0v) is 18.5. The Kier molecular flexibility index (Phi) is 4.23. The molecule has 10 nitrogen and oxygen atoms in total. The molecule has 2 fully saturated rings. The molecule has 2 heterocycles. The molecule has 3 N–H and O–H groups in total. The zero-order valence-electron chi connectivity index (χ0n) is 16.9. The average Bonchev–Trinajstić information content (AvgIpc) is 3.27. The lowest BCUT2D eigenvalue weighted by Gasteiger charge is -2.42. The van der Waals surface area contributed by atoms with Crippen LogP contribution in [0.15, 0.2) is 38.8 Å². The molecular formula is C19H22N4O6S2. The van der Waals surface area contributed by atoms with Gasteiger partial charge in [0.25, 0.3) is 15.9 Å². The van der Waals surface area contributed by atoms with E-state index >= 15 is 0 Å². The molecule has 12 heteroatoms. The van der Waals surface area contributed by atoms with Crippen LogP contribution in [0, 0.1) is 17.8 Å². The van der Waals surface area contributed by atoms with Gasteiger partial charge >= 0.3 is 0 Å². The SMILES string of the molecule is CN1C(=O)C(C2=NS(=O)(=O)c3cc(NS(C)(=O)=O)ccc3N2)=C(O)C2C3CCC(C3)C21. The standard InChI is InChI=1S/C19H22N4O6S2/c1-23-16-10-4-3-9(7-10)14(16)17(24)15(19(23)25)18-20-12-6-5-11(21-30(2,26)27)8-13(12)31(28,29)22-18/h5-6,8-10,14,16,21,24H,3-4,7H2,1-2H3,(H,20,22). The molecular weight excluding hydrogens is 444 g/mol. The molecule has 0 radical (unpaired) electrons. The van der Waals surface area contributed by atoms with Gasteiger partial charge in [-0.3, -0.25) is 9.52 Å². The third-order valence-corrected chi connectivity index (χ3v) is 8.61. The molecule has 31 heavy (non-hydrogen) atoms. The first-order valence-electron chi connectivity index (χ1n) is 9.91. The highest BCUT2D eigenvalue weighted by Gasteiger charge is 2.56. The Labute approximate surface area is 180 Å². The molecule has 2 bridgehead atoms. The van der Waals surface area contributed by atoms with E-state index in [1.807, 2.05) is 0 Å². The first kappa shape index (κ1) is 20.3. The fourth-order valence-electron chi connectivity index (χ4n) is 5.56. The number of hydrogen-bond donors (Lipinski definition) is 3. The van der Waals surface area contributed by atoms with Gasteiger partial charge in [-0.25, -0.2) is 8.42 Å². The van der Waals surface area contributed by atoms with Crippen LogP contribution >= 0.6 is 0 Å². The van der Waals surface area contributed by atoms with Gasteiger partial charge in [-0.2, -0.15) is 8.42 Å². The van der Waals surface area contributed by atoms with Gasteiger partial charge in [0.15, 0.2) is 5.84 Å². The summed E-state index contributed by atoms with van der Waals surface area (Å²) in [4.78, 5) is 14.5. The Bertz CT molecular complexity index is 1280. The van der Waals surface area contributed by atoms with E-state index in [0.29, 0.717) is 5.92 Å². The number of carbonyl (C=O) groups is 1. The Morgan fingerprint density at radius 2 is 1.97 bits per heavy atom. The fraction of sp³-hybridized carbons (Fsp3) is 0.474. The lowest BCUT2D eigenvalue weighted by atomic mass is 9.78. The summed E-state index contributed by atoms with van der Waals surface area (Å²) in [6.45, 7) is 0. The minimum atomic E-state index is -4.24. The van der Waals surface area contributed by atoms with Crippen molar-refractivity contribution in [2.75, 3.05) is 23.3 Å². The van der Waals surface area contributed by atoms with Gasteiger partial charge in [-0.1, -0.05) is 0 Å². The molecule has 0 spiro atoms. The summed E-state index contributed by atoms with van der Waals surface area (Å²) in [6.07, 6.45) is 3.90. The Balaban J connectivity index is 1.57. The molecule has 4 atom stereocenters. The number of fused-ring (bicyclic) bond motifs is 6. The molecule has 0 saturated heterocycles. The average molecular weight is 467 g/mol. The normalized spacial score (nSPS) is 31.1. The number of aliphatic hydroxyl groups is 1. The highest BCUT2D eigenvalue weighted by molar-refractivity contribution is 7.92. The van der Waals surface area contributed by atoms with E-state index in [1.165, 1.54) is 12.1 Å². The van der Waals surface area contributed by atoms with Crippen LogP contribution in [0.25, 0.3) is 0 Å². The van der Waals surface area contributed by atoms with E-state index in [2.05, 4.69) is 14.4 Å². The molecule has 2 aliphatic heterocycles. The topological polar surface area (TPSA) is 145 Å². The summed E-state index contributed by atoms with van der Waals surface area (Å²) in [6, 6.07) is 3.88. The van der Waals surface area contributed by atoms with Crippen LogP contribution in [0.1, 0.15) is 19.3 Å². The van der Waals surface area contributed by atoms with Crippen LogP contribution in [-0.4, -0.2) is 57.9 Å². The Morgan fingerprint density at radius 3 is 2.68 bits per heavy atom.